The predicted octanol–water partition coefficient (Wildman–Crippen LogP) is 1.68. The van der Waals surface area contributed by atoms with Crippen LogP contribution >= 0.6 is 0 Å². The summed E-state index contributed by atoms with van der Waals surface area (Å²) in [5.74, 6) is -0.0491. The van der Waals surface area contributed by atoms with E-state index >= 15 is 0 Å². The lowest BCUT2D eigenvalue weighted by Crippen LogP contribution is -2.47. The molecular formula is C12H15N3O4. The van der Waals surface area contributed by atoms with Gasteiger partial charge in [0.05, 0.1) is 4.92 Å². The average molecular weight is 265 g/mol. The molecule has 102 valence electrons. The molecule has 1 aliphatic heterocycles. The van der Waals surface area contributed by atoms with Gasteiger partial charge in [0.25, 0.3) is 5.69 Å². The highest BCUT2D eigenvalue weighted by molar-refractivity contribution is 5.78. The van der Waals surface area contributed by atoms with Crippen LogP contribution in [-0.2, 0) is 4.79 Å². The number of hydrogen-bond acceptors (Lipinski definition) is 5. The van der Waals surface area contributed by atoms with E-state index in [1.165, 1.54) is 12.1 Å². The van der Waals surface area contributed by atoms with Gasteiger partial charge in [0.15, 0.2) is 0 Å². The Bertz CT molecular complexity index is 488. The first-order chi connectivity index (χ1) is 8.99. The Morgan fingerprint density at radius 2 is 2.32 bits per heavy atom. The second-order valence-corrected chi connectivity index (χ2v) is 4.81. The van der Waals surface area contributed by atoms with Gasteiger partial charge in [-0.15, -0.1) is 0 Å². The summed E-state index contributed by atoms with van der Waals surface area (Å²) < 4.78 is 0. The van der Waals surface area contributed by atoms with E-state index in [0.717, 1.165) is 12.6 Å². The first kappa shape index (κ1) is 13.3. The minimum absolute atomic E-state index is 0.0963. The molecule has 1 aromatic rings. The number of carboxylic acid groups (broad SMARTS) is 1. The first-order valence-corrected chi connectivity index (χ1v) is 6.09. The Labute approximate surface area is 110 Å². The lowest BCUT2D eigenvalue weighted by Gasteiger charge is -2.36. The molecule has 1 fully saturated rings. The number of nitrogens with zero attached hydrogens (tertiary/aromatic N) is 3. The highest BCUT2D eigenvalue weighted by Gasteiger charge is 2.32. The molecule has 19 heavy (non-hydrogen) atoms. The number of rotatable bonds is 3. The second kappa shape index (κ2) is 5.21. The molecular weight excluding hydrogens is 250 g/mol. The molecule has 1 saturated heterocycles. The van der Waals surface area contributed by atoms with Gasteiger partial charge in [-0.25, -0.2) is 9.78 Å². The smallest absolute Gasteiger partial charge is 0.326 e. The van der Waals surface area contributed by atoms with Gasteiger partial charge in [-0.1, -0.05) is 6.92 Å². The van der Waals surface area contributed by atoms with Crippen molar-refractivity contribution >= 4 is 17.5 Å². The second-order valence-electron chi connectivity index (χ2n) is 4.81. The normalized spacial score (nSPS) is 23.1. The molecule has 2 rings (SSSR count). The van der Waals surface area contributed by atoms with Crippen molar-refractivity contribution in [1.29, 1.82) is 0 Å². The number of carboxylic acids is 1. The largest absolute Gasteiger partial charge is 0.480 e. The molecule has 0 saturated carbocycles. The van der Waals surface area contributed by atoms with Crippen LogP contribution in [0.25, 0.3) is 0 Å². The van der Waals surface area contributed by atoms with Crippen LogP contribution in [0, 0.1) is 16.0 Å². The summed E-state index contributed by atoms with van der Waals surface area (Å²) in [7, 11) is 0. The number of pyridine rings is 1. The van der Waals surface area contributed by atoms with Gasteiger partial charge in [-0.3, -0.25) is 10.1 Å². The lowest BCUT2D eigenvalue weighted by atomic mass is 9.92. The Kier molecular flexibility index (Phi) is 3.64. The fourth-order valence-corrected chi connectivity index (χ4v) is 2.31. The zero-order valence-electron chi connectivity index (χ0n) is 10.5. The molecule has 0 spiro atoms. The highest BCUT2D eigenvalue weighted by atomic mass is 16.6. The maximum absolute atomic E-state index is 11.3. The summed E-state index contributed by atoms with van der Waals surface area (Å²) in [5, 5.41) is 19.8. The Hall–Kier alpha value is -2.18. The number of nitro groups is 1. The summed E-state index contributed by atoms with van der Waals surface area (Å²) in [6.07, 6.45) is 2.61. The van der Waals surface area contributed by atoms with Crippen LogP contribution in [0.5, 0.6) is 0 Å². The van der Waals surface area contributed by atoms with Gasteiger partial charge in [0.2, 0.25) is 0 Å². The Balaban J connectivity index is 2.23. The summed E-state index contributed by atoms with van der Waals surface area (Å²) in [6.45, 7) is 2.62. The predicted molar refractivity (Wildman–Crippen MR) is 68.1 cm³/mol. The molecule has 7 nitrogen and oxygen atoms in total. The first-order valence-electron chi connectivity index (χ1n) is 6.09. The van der Waals surface area contributed by atoms with Gasteiger partial charge >= 0.3 is 5.97 Å². The van der Waals surface area contributed by atoms with Crippen molar-refractivity contribution in [2.75, 3.05) is 11.4 Å². The van der Waals surface area contributed by atoms with E-state index in [4.69, 9.17) is 0 Å². The molecule has 2 atom stereocenters. The summed E-state index contributed by atoms with van der Waals surface area (Å²) in [6, 6.07) is 2.24. The average Bonchev–Trinajstić information content (AvgIpc) is 2.38. The molecule has 0 amide bonds. The Morgan fingerprint density at radius 1 is 1.58 bits per heavy atom. The van der Waals surface area contributed by atoms with E-state index in [0.29, 0.717) is 24.7 Å². The third-order valence-electron chi connectivity index (χ3n) is 3.39. The van der Waals surface area contributed by atoms with Gasteiger partial charge in [-0.2, -0.15) is 0 Å². The topological polar surface area (TPSA) is 96.6 Å². The van der Waals surface area contributed by atoms with E-state index < -0.39 is 16.9 Å². The maximum atomic E-state index is 11.3. The third-order valence-corrected chi connectivity index (χ3v) is 3.39. The van der Waals surface area contributed by atoms with Gasteiger partial charge in [-0.05, 0) is 24.8 Å². The van der Waals surface area contributed by atoms with Crippen molar-refractivity contribution in [3.8, 4) is 0 Å². The quantitative estimate of drug-likeness (QED) is 0.659. The van der Waals surface area contributed by atoms with Crippen molar-refractivity contribution < 1.29 is 14.8 Å². The summed E-state index contributed by atoms with van der Waals surface area (Å²) in [4.78, 5) is 27.0. The number of hydrogen-bond donors (Lipinski definition) is 1. The molecule has 2 unspecified atom stereocenters. The Morgan fingerprint density at radius 3 is 2.84 bits per heavy atom. The zero-order valence-corrected chi connectivity index (χ0v) is 10.5. The molecule has 0 aliphatic carbocycles. The van der Waals surface area contributed by atoms with Crippen LogP contribution in [0.15, 0.2) is 18.3 Å². The van der Waals surface area contributed by atoms with Crippen LogP contribution < -0.4 is 4.90 Å². The van der Waals surface area contributed by atoms with Crippen LogP contribution in [0.4, 0.5) is 11.5 Å². The van der Waals surface area contributed by atoms with E-state index in [2.05, 4.69) is 4.98 Å². The lowest BCUT2D eigenvalue weighted by molar-refractivity contribution is -0.385. The third kappa shape index (κ3) is 2.81. The monoisotopic (exact) mass is 265 g/mol. The van der Waals surface area contributed by atoms with Crippen molar-refractivity contribution in [1.82, 2.24) is 4.98 Å². The minimum atomic E-state index is -0.883. The number of aromatic nitrogens is 1. The number of piperidine rings is 1. The molecule has 1 aromatic heterocycles. The van der Waals surface area contributed by atoms with Gasteiger partial charge in [0, 0.05) is 12.6 Å². The number of aliphatic carboxylic acids is 1. The van der Waals surface area contributed by atoms with Crippen LogP contribution in [-0.4, -0.2) is 33.6 Å². The molecule has 1 N–H and O–H groups in total. The van der Waals surface area contributed by atoms with Crippen molar-refractivity contribution in [3.05, 3.63) is 28.4 Å². The van der Waals surface area contributed by atoms with E-state index in [9.17, 15) is 20.0 Å². The number of carbonyl (C=O) groups is 1. The molecule has 0 aromatic carbocycles. The van der Waals surface area contributed by atoms with Crippen molar-refractivity contribution in [3.63, 3.8) is 0 Å². The van der Waals surface area contributed by atoms with E-state index in [1.54, 1.807) is 4.90 Å². The highest BCUT2D eigenvalue weighted by Crippen LogP contribution is 2.27. The molecule has 1 aliphatic rings. The summed E-state index contributed by atoms with van der Waals surface area (Å²) >= 11 is 0. The SMILES string of the molecule is CC1CCN(c2ccc([N+](=O)[O-])cn2)C(C(=O)O)C1. The fraction of sp³-hybridized carbons (Fsp3) is 0.500. The fourth-order valence-electron chi connectivity index (χ4n) is 2.31. The molecule has 2 heterocycles. The van der Waals surface area contributed by atoms with Crippen LogP contribution in [0.3, 0.4) is 0 Å². The summed E-state index contributed by atoms with van der Waals surface area (Å²) in [5.41, 5.74) is -0.0963. The standard InChI is InChI=1S/C12H15N3O4/c1-8-4-5-14(10(6-8)12(16)17)11-3-2-9(7-13-11)15(18)19/h2-3,7-8,10H,4-6H2,1H3,(H,16,17). The molecule has 0 bridgehead atoms. The minimum Gasteiger partial charge on any atom is -0.480 e. The maximum Gasteiger partial charge on any atom is 0.326 e. The van der Waals surface area contributed by atoms with Gasteiger partial charge < -0.3 is 10.0 Å². The van der Waals surface area contributed by atoms with Crippen molar-refractivity contribution in [2.24, 2.45) is 5.92 Å². The molecule has 7 heteroatoms. The van der Waals surface area contributed by atoms with E-state index in [1.807, 2.05) is 6.92 Å². The zero-order chi connectivity index (χ0) is 14.0. The van der Waals surface area contributed by atoms with E-state index in [-0.39, 0.29) is 5.69 Å². The van der Waals surface area contributed by atoms with Crippen molar-refractivity contribution in [2.45, 2.75) is 25.8 Å². The molecule has 0 radical (unpaired) electrons. The number of anilines is 1. The van der Waals surface area contributed by atoms with Gasteiger partial charge in [0.1, 0.15) is 18.1 Å². The van der Waals surface area contributed by atoms with Crippen LogP contribution in [0.1, 0.15) is 19.8 Å². The van der Waals surface area contributed by atoms with Crippen LogP contribution in [0.2, 0.25) is 0 Å².